The van der Waals surface area contributed by atoms with Crippen molar-refractivity contribution >= 4 is 28.5 Å². The number of benzene rings is 1. The van der Waals surface area contributed by atoms with Crippen molar-refractivity contribution in [1.29, 1.82) is 0 Å². The fourth-order valence-corrected chi connectivity index (χ4v) is 2.87. The zero-order chi connectivity index (χ0) is 20.9. The molecule has 0 amide bonds. The minimum Gasteiger partial charge on any atom is -0.480 e. The predicted molar refractivity (Wildman–Crippen MR) is 96.2 cm³/mol. The lowest BCUT2D eigenvalue weighted by atomic mass is 10.1. The van der Waals surface area contributed by atoms with Gasteiger partial charge in [0.15, 0.2) is 11.5 Å². The summed E-state index contributed by atoms with van der Waals surface area (Å²) in [6.07, 6.45) is -1.48. The third-order valence-corrected chi connectivity index (χ3v) is 4.29. The van der Waals surface area contributed by atoms with Crippen LogP contribution in [0.4, 0.5) is 19.1 Å². The Bertz CT molecular complexity index is 1250. The molecule has 150 valence electrons. The van der Waals surface area contributed by atoms with E-state index in [1.165, 1.54) is 34.5 Å². The van der Waals surface area contributed by atoms with Gasteiger partial charge in [0.05, 0.1) is 22.8 Å². The van der Waals surface area contributed by atoms with Crippen molar-refractivity contribution in [3.63, 3.8) is 0 Å². The SMILES string of the molecule is C[C@@H](Nc1nc2c(C(F)(F)F)cccc2c2nc(-c3cnn(C)c3)nn12)C(=O)O. The van der Waals surface area contributed by atoms with E-state index in [1.807, 2.05) is 0 Å². The van der Waals surface area contributed by atoms with E-state index >= 15 is 0 Å². The second-order valence-corrected chi connectivity index (χ2v) is 6.41. The number of aromatic nitrogens is 6. The summed E-state index contributed by atoms with van der Waals surface area (Å²) in [6, 6.07) is 2.51. The molecule has 9 nitrogen and oxygen atoms in total. The first-order chi connectivity index (χ1) is 13.6. The predicted octanol–water partition coefficient (Wildman–Crippen LogP) is 2.58. The highest BCUT2D eigenvalue weighted by Gasteiger charge is 2.34. The van der Waals surface area contributed by atoms with Crippen LogP contribution in [-0.4, -0.2) is 46.5 Å². The van der Waals surface area contributed by atoms with Gasteiger partial charge in [-0.2, -0.15) is 22.8 Å². The number of carboxylic acid groups (broad SMARTS) is 1. The number of carbonyl (C=O) groups is 1. The molecule has 0 saturated carbocycles. The normalized spacial score (nSPS) is 13.1. The molecule has 0 spiro atoms. The molecule has 12 heteroatoms. The summed E-state index contributed by atoms with van der Waals surface area (Å²) < 4.78 is 43.2. The number of halogens is 3. The summed E-state index contributed by atoms with van der Waals surface area (Å²) in [5.41, 5.74) is -0.638. The quantitative estimate of drug-likeness (QED) is 0.537. The van der Waals surface area contributed by atoms with Gasteiger partial charge in [-0.05, 0) is 19.1 Å². The Balaban J connectivity index is 2.03. The summed E-state index contributed by atoms with van der Waals surface area (Å²) in [7, 11) is 1.70. The average molecular weight is 405 g/mol. The minimum absolute atomic E-state index is 0.111. The Morgan fingerprint density at radius 1 is 1.28 bits per heavy atom. The fourth-order valence-electron chi connectivity index (χ4n) is 2.87. The highest BCUT2D eigenvalue weighted by atomic mass is 19.4. The lowest BCUT2D eigenvalue weighted by Gasteiger charge is -2.14. The number of alkyl halides is 3. The van der Waals surface area contributed by atoms with E-state index in [4.69, 9.17) is 0 Å². The molecule has 0 bridgehead atoms. The van der Waals surface area contributed by atoms with Crippen molar-refractivity contribution in [2.45, 2.75) is 19.1 Å². The molecule has 1 atom stereocenters. The molecule has 0 aliphatic heterocycles. The zero-order valence-corrected chi connectivity index (χ0v) is 15.1. The van der Waals surface area contributed by atoms with Crippen LogP contribution >= 0.6 is 0 Å². The van der Waals surface area contributed by atoms with E-state index in [0.29, 0.717) is 5.56 Å². The number of nitrogens with one attached hydrogen (secondary N) is 1. The van der Waals surface area contributed by atoms with E-state index in [1.54, 1.807) is 13.2 Å². The number of aryl methyl sites for hydroxylation is 1. The van der Waals surface area contributed by atoms with Crippen LogP contribution in [0.15, 0.2) is 30.6 Å². The van der Waals surface area contributed by atoms with E-state index in [9.17, 15) is 23.1 Å². The lowest BCUT2D eigenvalue weighted by molar-refractivity contribution is -0.138. The third-order valence-electron chi connectivity index (χ3n) is 4.29. The van der Waals surface area contributed by atoms with Gasteiger partial charge in [-0.3, -0.25) is 9.48 Å². The second-order valence-electron chi connectivity index (χ2n) is 6.41. The Kier molecular flexibility index (Phi) is 4.14. The monoisotopic (exact) mass is 405 g/mol. The fraction of sp³-hybridized carbons (Fsp3) is 0.235. The average Bonchev–Trinajstić information content (AvgIpc) is 3.27. The third kappa shape index (κ3) is 3.22. The molecule has 0 saturated heterocycles. The molecular formula is C17H14F3N7O2. The molecule has 0 fully saturated rings. The van der Waals surface area contributed by atoms with Gasteiger partial charge in [0, 0.05) is 18.6 Å². The standard InChI is InChI=1S/C17H14F3N7O2/c1-8(15(28)29)22-16-23-12-10(4-3-5-11(12)17(18,19)20)14-24-13(25-27(14)16)9-6-21-26(2)7-9/h3-8H,1-2H3,(H,22,23)(H,28,29)/t8-/m1/s1. The first-order valence-electron chi connectivity index (χ1n) is 8.40. The van der Waals surface area contributed by atoms with Gasteiger partial charge < -0.3 is 10.4 Å². The molecule has 4 aromatic rings. The molecular weight excluding hydrogens is 391 g/mol. The highest BCUT2D eigenvalue weighted by molar-refractivity contribution is 5.95. The maximum Gasteiger partial charge on any atom is 0.418 e. The van der Waals surface area contributed by atoms with Crippen LogP contribution in [0.1, 0.15) is 12.5 Å². The summed E-state index contributed by atoms with van der Waals surface area (Å²) in [5.74, 6) is -1.14. The Morgan fingerprint density at radius 2 is 2.03 bits per heavy atom. The Morgan fingerprint density at radius 3 is 2.66 bits per heavy atom. The zero-order valence-electron chi connectivity index (χ0n) is 15.1. The van der Waals surface area contributed by atoms with Crippen molar-refractivity contribution in [3.8, 4) is 11.4 Å². The van der Waals surface area contributed by atoms with Gasteiger partial charge >= 0.3 is 12.1 Å². The highest BCUT2D eigenvalue weighted by Crippen LogP contribution is 2.36. The number of hydrogen-bond donors (Lipinski definition) is 2. The van der Waals surface area contributed by atoms with Gasteiger partial charge in [0.25, 0.3) is 0 Å². The van der Waals surface area contributed by atoms with Crippen molar-refractivity contribution in [3.05, 3.63) is 36.2 Å². The van der Waals surface area contributed by atoms with Crippen LogP contribution in [0.2, 0.25) is 0 Å². The van der Waals surface area contributed by atoms with Crippen molar-refractivity contribution < 1.29 is 23.1 Å². The Hall–Kier alpha value is -3.70. The molecule has 0 radical (unpaired) electrons. The maximum absolute atomic E-state index is 13.5. The first kappa shape index (κ1) is 18.7. The van der Waals surface area contributed by atoms with Gasteiger partial charge in [-0.25, -0.2) is 9.97 Å². The smallest absolute Gasteiger partial charge is 0.418 e. The summed E-state index contributed by atoms with van der Waals surface area (Å²) in [4.78, 5) is 19.6. The van der Waals surface area contributed by atoms with E-state index in [0.717, 1.165) is 6.07 Å². The molecule has 1 aromatic carbocycles. The van der Waals surface area contributed by atoms with Gasteiger partial charge in [0.1, 0.15) is 6.04 Å². The number of anilines is 1. The molecule has 0 unspecified atom stereocenters. The van der Waals surface area contributed by atoms with Crippen LogP contribution in [-0.2, 0) is 18.0 Å². The molecule has 4 rings (SSSR count). The van der Waals surface area contributed by atoms with Crippen LogP contribution < -0.4 is 5.32 Å². The molecule has 3 heterocycles. The number of nitrogens with zero attached hydrogens (tertiary/aromatic N) is 6. The van der Waals surface area contributed by atoms with E-state index in [-0.39, 0.29) is 28.3 Å². The topological polar surface area (TPSA) is 110 Å². The molecule has 3 aromatic heterocycles. The number of carboxylic acids is 1. The maximum atomic E-state index is 13.5. The number of hydrogen-bond acceptors (Lipinski definition) is 6. The number of aliphatic carboxylic acids is 1. The number of rotatable bonds is 4. The van der Waals surface area contributed by atoms with Gasteiger partial charge in [-0.15, -0.1) is 5.10 Å². The number of para-hydroxylation sites is 1. The van der Waals surface area contributed by atoms with E-state index < -0.39 is 23.8 Å². The van der Waals surface area contributed by atoms with Crippen LogP contribution in [0.25, 0.3) is 27.9 Å². The van der Waals surface area contributed by atoms with Crippen LogP contribution in [0.3, 0.4) is 0 Å². The largest absolute Gasteiger partial charge is 0.480 e. The molecule has 0 aliphatic rings. The second kappa shape index (κ2) is 6.43. The molecule has 29 heavy (non-hydrogen) atoms. The first-order valence-corrected chi connectivity index (χ1v) is 8.40. The Labute approximate surface area is 160 Å². The van der Waals surface area contributed by atoms with Crippen LogP contribution in [0.5, 0.6) is 0 Å². The van der Waals surface area contributed by atoms with Crippen molar-refractivity contribution in [1.82, 2.24) is 29.4 Å². The van der Waals surface area contributed by atoms with Crippen molar-refractivity contribution in [2.75, 3.05) is 5.32 Å². The van der Waals surface area contributed by atoms with Gasteiger partial charge in [-0.1, -0.05) is 6.07 Å². The van der Waals surface area contributed by atoms with Crippen molar-refractivity contribution in [2.24, 2.45) is 7.05 Å². The summed E-state index contributed by atoms with van der Waals surface area (Å²) >= 11 is 0. The van der Waals surface area contributed by atoms with Gasteiger partial charge in [0.2, 0.25) is 5.95 Å². The molecule has 0 aliphatic carbocycles. The summed E-state index contributed by atoms with van der Waals surface area (Å²) in [5, 5.41) is 20.2. The molecule has 2 N–H and O–H groups in total. The lowest BCUT2D eigenvalue weighted by Crippen LogP contribution is -2.27. The summed E-state index contributed by atoms with van der Waals surface area (Å²) in [6.45, 7) is 1.34. The van der Waals surface area contributed by atoms with E-state index in [2.05, 4.69) is 25.5 Å². The number of fused-ring (bicyclic) bond motifs is 3. The van der Waals surface area contributed by atoms with Crippen LogP contribution in [0, 0.1) is 0 Å². The minimum atomic E-state index is -4.65.